The Balaban J connectivity index is 2.11. The van der Waals surface area contributed by atoms with E-state index in [-0.39, 0.29) is 18.2 Å². The minimum atomic E-state index is -0.498. The lowest BCUT2D eigenvalue weighted by atomic mass is 10.1. The zero-order valence-corrected chi connectivity index (χ0v) is 9.97. The Labute approximate surface area is 105 Å². The summed E-state index contributed by atoms with van der Waals surface area (Å²) in [5.74, 6) is -0.498. The first-order valence-electron chi connectivity index (χ1n) is 5.85. The summed E-state index contributed by atoms with van der Waals surface area (Å²) >= 11 is 0. The van der Waals surface area contributed by atoms with Crippen molar-refractivity contribution in [3.05, 3.63) is 35.1 Å². The maximum atomic E-state index is 13.2. The van der Waals surface area contributed by atoms with Crippen molar-refractivity contribution in [2.75, 3.05) is 26.4 Å². The molecule has 1 aromatic rings. The van der Waals surface area contributed by atoms with Crippen molar-refractivity contribution >= 4 is 0 Å². The number of nitriles is 1. The number of benzene rings is 1. The molecule has 1 heterocycles. The fourth-order valence-electron chi connectivity index (χ4n) is 2.06. The summed E-state index contributed by atoms with van der Waals surface area (Å²) in [6.45, 7) is 2.48. The molecule has 0 saturated carbocycles. The SMILES string of the molecule is N#Cc1cc(CN2CCOCC2CO)ccc1F. The van der Waals surface area contributed by atoms with Gasteiger partial charge in [-0.05, 0) is 17.7 Å². The lowest BCUT2D eigenvalue weighted by molar-refractivity contribution is -0.0312. The maximum Gasteiger partial charge on any atom is 0.140 e. The van der Waals surface area contributed by atoms with Gasteiger partial charge in [0.05, 0.1) is 31.4 Å². The van der Waals surface area contributed by atoms with E-state index in [4.69, 9.17) is 10.00 Å². The van der Waals surface area contributed by atoms with Gasteiger partial charge in [0.15, 0.2) is 0 Å². The second-order valence-electron chi connectivity index (χ2n) is 4.31. The number of halogens is 1. The Kier molecular flexibility index (Phi) is 4.26. The first kappa shape index (κ1) is 13.0. The van der Waals surface area contributed by atoms with Gasteiger partial charge in [0.25, 0.3) is 0 Å². The van der Waals surface area contributed by atoms with Gasteiger partial charge in [0.2, 0.25) is 0 Å². The summed E-state index contributed by atoms with van der Waals surface area (Å²) < 4.78 is 18.5. The van der Waals surface area contributed by atoms with E-state index in [0.717, 1.165) is 12.1 Å². The lowest BCUT2D eigenvalue weighted by Gasteiger charge is -2.34. The van der Waals surface area contributed by atoms with E-state index in [1.54, 1.807) is 12.1 Å². The van der Waals surface area contributed by atoms with Crippen LogP contribution in [-0.2, 0) is 11.3 Å². The van der Waals surface area contributed by atoms with Crippen LogP contribution in [0.4, 0.5) is 4.39 Å². The van der Waals surface area contributed by atoms with Crippen molar-refractivity contribution in [1.82, 2.24) is 4.90 Å². The normalized spacial score (nSPS) is 20.6. The van der Waals surface area contributed by atoms with E-state index in [1.807, 2.05) is 6.07 Å². The first-order valence-corrected chi connectivity index (χ1v) is 5.85. The van der Waals surface area contributed by atoms with Crippen LogP contribution in [0.5, 0.6) is 0 Å². The van der Waals surface area contributed by atoms with Crippen LogP contribution in [0.1, 0.15) is 11.1 Å². The monoisotopic (exact) mass is 250 g/mol. The first-order chi connectivity index (χ1) is 8.74. The number of ether oxygens (including phenoxy) is 1. The molecule has 1 fully saturated rings. The largest absolute Gasteiger partial charge is 0.395 e. The quantitative estimate of drug-likeness (QED) is 0.865. The molecule has 5 heteroatoms. The molecule has 0 aliphatic carbocycles. The second kappa shape index (κ2) is 5.91. The summed E-state index contributed by atoms with van der Waals surface area (Å²) in [5.41, 5.74) is 0.926. The molecular formula is C13H15FN2O2. The number of hydrogen-bond acceptors (Lipinski definition) is 4. The van der Waals surface area contributed by atoms with Crippen LogP contribution in [0.3, 0.4) is 0 Å². The van der Waals surface area contributed by atoms with Crippen molar-refractivity contribution in [1.29, 1.82) is 5.26 Å². The van der Waals surface area contributed by atoms with Gasteiger partial charge < -0.3 is 9.84 Å². The molecule has 1 N–H and O–H groups in total. The van der Waals surface area contributed by atoms with Crippen LogP contribution < -0.4 is 0 Å². The minimum Gasteiger partial charge on any atom is -0.395 e. The predicted octanol–water partition coefficient (Wildman–Crippen LogP) is 0.890. The van der Waals surface area contributed by atoms with E-state index in [9.17, 15) is 9.50 Å². The van der Waals surface area contributed by atoms with Gasteiger partial charge in [-0.2, -0.15) is 5.26 Å². The highest BCUT2D eigenvalue weighted by atomic mass is 19.1. The number of aliphatic hydroxyl groups excluding tert-OH is 1. The van der Waals surface area contributed by atoms with Crippen LogP contribution in [0, 0.1) is 17.1 Å². The third kappa shape index (κ3) is 2.85. The summed E-state index contributed by atoms with van der Waals surface area (Å²) in [6.07, 6.45) is 0. The topological polar surface area (TPSA) is 56.5 Å². The van der Waals surface area contributed by atoms with Crippen molar-refractivity contribution in [3.63, 3.8) is 0 Å². The van der Waals surface area contributed by atoms with Gasteiger partial charge >= 0.3 is 0 Å². The highest BCUT2D eigenvalue weighted by molar-refractivity contribution is 5.34. The smallest absolute Gasteiger partial charge is 0.140 e. The van der Waals surface area contributed by atoms with Crippen molar-refractivity contribution in [3.8, 4) is 6.07 Å². The molecule has 18 heavy (non-hydrogen) atoms. The summed E-state index contributed by atoms with van der Waals surface area (Å²) in [7, 11) is 0. The minimum absolute atomic E-state index is 0.0330. The molecule has 0 aromatic heterocycles. The van der Waals surface area contributed by atoms with Crippen LogP contribution in [0.25, 0.3) is 0 Å². The highest BCUT2D eigenvalue weighted by Gasteiger charge is 2.22. The molecule has 1 aliphatic heterocycles. The lowest BCUT2D eigenvalue weighted by Crippen LogP contribution is -2.46. The fourth-order valence-corrected chi connectivity index (χ4v) is 2.06. The Morgan fingerprint density at radius 2 is 2.39 bits per heavy atom. The predicted molar refractivity (Wildman–Crippen MR) is 63.2 cm³/mol. The third-order valence-corrected chi connectivity index (χ3v) is 3.10. The van der Waals surface area contributed by atoms with E-state index in [0.29, 0.717) is 19.8 Å². The van der Waals surface area contributed by atoms with Crippen LogP contribution >= 0.6 is 0 Å². The average Bonchev–Trinajstić information content (AvgIpc) is 2.41. The number of rotatable bonds is 3. The number of morpholine rings is 1. The third-order valence-electron chi connectivity index (χ3n) is 3.10. The van der Waals surface area contributed by atoms with Gasteiger partial charge in [-0.25, -0.2) is 4.39 Å². The fraction of sp³-hybridized carbons (Fsp3) is 0.462. The van der Waals surface area contributed by atoms with Gasteiger partial charge in [0.1, 0.15) is 11.9 Å². The molecule has 0 amide bonds. The zero-order valence-electron chi connectivity index (χ0n) is 9.97. The Morgan fingerprint density at radius 1 is 1.56 bits per heavy atom. The molecule has 1 atom stereocenters. The molecule has 2 rings (SSSR count). The van der Waals surface area contributed by atoms with Crippen LogP contribution in [0.15, 0.2) is 18.2 Å². The Morgan fingerprint density at radius 3 is 3.11 bits per heavy atom. The Bertz CT molecular complexity index is 459. The summed E-state index contributed by atoms with van der Waals surface area (Å²) in [6, 6.07) is 6.33. The van der Waals surface area contributed by atoms with Crippen molar-refractivity contribution in [2.45, 2.75) is 12.6 Å². The molecule has 0 bridgehead atoms. The second-order valence-corrected chi connectivity index (χ2v) is 4.31. The van der Waals surface area contributed by atoms with Crippen LogP contribution in [-0.4, -0.2) is 42.4 Å². The standard InChI is InChI=1S/C13H15FN2O2/c14-13-2-1-10(5-11(13)6-15)7-16-3-4-18-9-12(16)8-17/h1-2,5,12,17H,3-4,7-9H2. The van der Waals surface area contributed by atoms with Crippen molar-refractivity contribution < 1.29 is 14.2 Å². The van der Waals surface area contributed by atoms with E-state index in [1.165, 1.54) is 6.07 Å². The van der Waals surface area contributed by atoms with Crippen LogP contribution in [0.2, 0.25) is 0 Å². The maximum absolute atomic E-state index is 13.2. The van der Waals surface area contributed by atoms with Gasteiger partial charge in [-0.15, -0.1) is 0 Å². The molecule has 1 aliphatic rings. The zero-order chi connectivity index (χ0) is 13.0. The number of nitrogens with zero attached hydrogens (tertiary/aromatic N) is 2. The van der Waals surface area contributed by atoms with Gasteiger partial charge in [-0.3, -0.25) is 4.90 Å². The molecule has 1 aromatic carbocycles. The van der Waals surface area contributed by atoms with Gasteiger partial charge in [0, 0.05) is 13.1 Å². The molecule has 0 spiro atoms. The highest BCUT2D eigenvalue weighted by Crippen LogP contribution is 2.15. The molecular weight excluding hydrogens is 235 g/mol. The van der Waals surface area contributed by atoms with E-state index < -0.39 is 5.82 Å². The number of aliphatic hydroxyl groups is 1. The number of hydrogen-bond donors (Lipinski definition) is 1. The van der Waals surface area contributed by atoms with Crippen molar-refractivity contribution in [2.24, 2.45) is 0 Å². The van der Waals surface area contributed by atoms with Gasteiger partial charge in [-0.1, -0.05) is 6.07 Å². The summed E-state index contributed by atoms with van der Waals surface area (Å²) in [4.78, 5) is 2.08. The molecule has 1 saturated heterocycles. The summed E-state index contributed by atoms with van der Waals surface area (Å²) in [5, 5.41) is 18.0. The van der Waals surface area contributed by atoms with E-state index in [2.05, 4.69) is 4.90 Å². The molecule has 0 radical (unpaired) electrons. The average molecular weight is 250 g/mol. The van der Waals surface area contributed by atoms with E-state index >= 15 is 0 Å². The molecule has 96 valence electrons. The Hall–Kier alpha value is -1.48. The molecule has 1 unspecified atom stereocenters. The molecule has 4 nitrogen and oxygen atoms in total.